The minimum Gasteiger partial charge on any atom is -0.469 e. The highest BCUT2D eigenvalue weighted by Crippen LogP contribution is 2.09. The summed E-state index contributed by atoms with van der Waals surface area (Å²) in [6, 6.07) is 0. The van der Waals surface area contributed by atoms with Crippen molar-refractivity contribution in [1.29, 1.82) is 0 Å². The Labute approximate surface area is 59.7 Å². The summed E-state index contributed by atoms with van der Waals surface area (Å²) in [5.41, 5.74) is 0. The molecule has 0 rings (SSSR count). The molecule has 10 heavy (non-hydrogen) atoms. The van der Waals surface area contributed by atoms with Crippen LogP contribution in [0.1, 0.15) is 13.3 Å². The number of aliphatic hydroxyl groups is 1. The molecule has 4 heteroatoms. The van der Waals surface area contributed by atoms with Gasteiger partial charge in [0.15, 0.2) is 5.79 Å². The van der Waals surface area contributed by atoms with Gasteiger partial charge in [0.2, 0.25) is 0 Å². The van der Waals surface area contributed by atoms with Crippen LogP contribution in [0, 0.1) is 0 Å². The Hall–Kier alpha value is -0.610. The van der Waals surface area contributed by atoms with E-state index in [4.69, 9.17) is 5.11 Å². The molecule has 1 unspecified atom stereocenters. The maximum absolute atomic E-state index is 10.5. The lowest BCUT2D eigenvalue weighted by atomic mass is 10.2. The first-order valence-electron chi connectivity index (χ1n) is 2.86. The van der Waals surface area contributed by atoms with Crippen molar-refractivity contribution >= 4 is 5.97 Å². The Morgan fingerprint density at radius 3 is 2.40 bits per heavy atom. The topological polar surface area (TPSA) is 55.8 Å². The number of rotatable bonds is 3. The van der Waals surface area contributed by atoms with Crippen molar-refractivity contribution in [3.63, 3.8) is 0 Å². The molecule has 1 atom stereocenters. The molecule has 0 fully saturated rings. The fourth-order valence-corrected chi connectivity index (χ4v) is 0.412. The van der Waals surface area contributed by atoms with Crippen LogP contribution in [0.5, 0.6) is 0 Å². The molecular weight excluding hydrogens is 136 g/mol. The van der Waals surface area contributed by atoms with Gasteiger partial charge in [-0.25, -0.2) is 0 Å². The van der Waals surface area contributed by atoms with Crippen molar-refractivity contribution in [3.05, 3.63) is 0 Å². The highest BCUT2D eigenvalue weighted by molar-refractivity contribution is 5.70. The monoisotopic (exact) mass is 148 g/mol. The number of carbonyl (C=O) groups excluding carboxylic acids is 1. The third-order valence-corrected chi connectivity index (χ3v) is 1.14. The minimum absolute atomic E-state index is 0.153. The maximum atomic E-state index is 10.5. The van der Waals surface area contributed by atoms with Gasteiger partial charge in [0, 0.05) is 7.11 Å². The summed E-state index contributed by atoms with van der Waals surface area (Å²) in [4.78, 5) is 10.5. The van der Waals surface area contributed by atoms with Gasteiger partial charge in [0.05, 0.1) is 13.5 Å². The summed E-state index contributed by atoms with van der Waals surface area (Å²) in [5.74, 6) is -1.90. The molecule has 0 saturated carbocycles. The van der Waals surface area contributed by atoms with E-state index in [9.17, 15) is 4.79 Å². The number of methoxy groups -OCH3 is 2. The van der Waals surface area contributed by atoms with E-state index in [-0.39, 0.29) is 6.42 Å². The van der Waals surface area contributed by atoms with Gasteiger partial charge in [-0.05, 0) is 6.92 Å². The lowest BCUT2D eigenvalue weighted by molar-refractivity contribution is -0.188. The van der Waals surface area contributed by atoms with Gasteiger partial charge in [0.1, 0.15) is 0 Å². The molecule has 0 aromatic heterocycles. The highest BCUT2D eigenvalue weighted by atomic mass is 16.6. The number of ether oxygens (including phenoxy) is 2. The molecule has 0 amide bonds. The Balaban J connectivity index is 3.76. The normalized spacial score (nSPS) is 16.0. The Morgan fingerprint density at radius 1 is 1.60 bits per heavy atom. The van der Waals surface area contributed by atoms with Gasteiger partial charge in [-0.15, -0.1) is 0 Å². The van der Waals surface area contributed by atoms with E-state index in [1.807, 2.05) is 0 Å². The Morgan fingerprint density at radius 2 is 2.10 bits per heavy atom. The standard InChI is InChI=1S/C6H12O4/c1-6(8,10-3)4-5(7)9-2/h8H,4H2,1-3H3. The Kier molecular flexibility index (Phi) is 3.32. The second-order valence-electron chi connectivity index (χ2n) is 2.13. The van der Waals surface area contributed by atoms with Crippen LogP contribution >= 0.6 is 0 Å². The second-order valence-corrected chi connectivity index (χ2v) is 2.13. The predicted octanol–water partition coefficient (Wildman–Crippen LogP) is -0.0956. The van der Waals surface area contributed by atoms with E-state index < -0.39 is 11.8 Å². The molecule has 0 aliphatic heterocycles. The maximum Gasteiger partial charge on any atom is 0.310 e. The highest BCUT2D eigenvalue weighted by Gasteiger charge is 2.23. The van der Waals surface area contributed by atoms with E-state index in [0.29, 0.717) is 0 Å². The molecule has 0 spiro atoms. The molecule has 0 bridgehead atoms. The van der Waals surface area contributed by atoms with E-state index in [1.165, 1.54) is 21.1 Å². The fraction of sp³-hybridized carbons (Fsp3) is 0.833. The SMILES string of the molecule is COC(=O)CC(C)(O)OC. The Bertz CT molecular complexity index is 119. The summed E-state index contributed by atoms with van der Waals surface area (Å²) in [7, 11) is 2.58. The van der Waals surface area contributed by atoms with Crippen LogP contribution in [-0.2, 0) is 14.3 Å². The summed E-state index contributed by atoms with van der Waals surface area (Å²) < 4.78 is 8.87. The second kappa shape index (κ2) is 3.53. The lowest BCUT2D eigenvalue weighted by Crippen LogP contribution is -2.30. The van der Waals surface area contributed by atoms with Crippen molar-refractivity contribution in [2.75, 3.05) is 14.2 Å². The van der Waals surface area contributed by atoms with Crippen molar-refractivity contribution in [1.82, 2.24) is 0 Å². The number of hydrogen-bond donors (Lipinski definition) is 1. The van der Waals surface area contributed by atoms with Crippen LogP contribution in [0.25, 0.3) is 0 Å². The first-order chi connectivity index (χ1) is 4.52. The average Bonchev–Trinajstić information content (AvgIpc) is 1.87. The zero-order valence-electron chi connectivity index (χ0n) is 6.38. The smallest absolute Gasteiger partial charge is 0.310 e. The summed E-state index contributed by atoms with van der Waals surface area (Å²) in [5, 5.41) is 9.10. The number of esters is 1. The first-order valence-corrected chi connectivity index (χ1v) is 2.86. The van der Waals surface area contributed by atoms with Gasteiger partial charge in [-0.1, -0.05) is 0 Å². The zero-order chi connectivity index (χ0) is 8.20. The zero-order valence-corrected chi connectivity index (χ0v) is 6.38. The molecule has 0 saturated heterocycles. The molecule has 60 valence electrons. The fourth-order valence-electron chi connectivity index (χ4n) is 0.412. The molecular formula is C6H12O4. The van der Waals surface area contributed by atoms with E-state index >= 15 is 0 Å². The first kappa shape index (κ1) is 9.39. The van der Waals surface area contributed by atoms with Gasteiger partial charge in [-0.2, -0.15) is 0 Å². The van der Waals surface area contributed by atoms with Crippen LogP contribution in [0.4, 0.5) is 0 Å². The molecule has 4 nitrogen and oxygen atoms in total. The van der Waals surface area contributed by atoms with Crippen LogP contribution in [0.2, 0.25) is 0 Å². The van der Waals surface area contributed by atoms with Crippen LogP contribution in [0.3, 0.4) is 0 Å². The van der Waals surface area contributed by atoms with Crippen molar-refractivity contribution in [2.45, 2.75) is 19.1 Å². The number of carbonyl (C=O) groups is 1. The molecule has 1 N–H and O–H groups in total. The average molecular weight is 148 g/mol. The molecule has 0 aliphatic rings. The predicted molar refractivity (Wildman–Crippen MR) is 34.3 cm³/mol. The number of hydrogen-bond acceptors (Lipinski definition) is 4. The molecule has 0 heterocycles. The van der Waals surface area contributed by atoms with Crippen LogP contribution < -0.4 is 0 Å². The molecule has 0 aliphatic carbocycles. The van der Waals surface area contributed by atoms with Crippen LogP contribution in [-0.4, -0.2) is 31.1 Å². The molecule has 0 radical (unpaired) electrons. The van der Waals surface area contributed by atoms with Crippen molar-refractivity contribution < 1.29 is 19.4 Å². The van der Waals surface area contributed by atoms with Gasteiger partial charge in [0.25, 0.3) is 0 Å². The molecule has 0 aromatic carbocycles. The van der Waals surface area contributed by atoms with Gasteiger partial charge < -0.3 is 14.6 Å². The quantitative estimate of drug-likeness (QED) is 0.448. The van der Waals surface area contributed by atoms with Crippen molar-refractivity contribution in [3.8, 4) is 0 Å². The summed E-state index contributed by atoms with van der Waals surface area (Å²) in [6.07, 6.45) is -0.153. The van der Waals surface area contributed by atoms with E-state index in [0.717, 1.165) is 0 Å². The lowest BCUT2D eigenvalue weighted by Gasteiger charge is -2.18. The van der Waals surface area contributed by atoms with Gasteiger partial charge in [-0.3, -0.25) is 4.79 Å². The van der Waals surface area contributed by atoms with Crippen LogP contribution in [0.15, 0.2) is 0 Å². The molecule has 0 aromatic rings. The van der Waals surface area contributed by atoms with Crippen molar-refractivity contribution in [2.24, 2.45) is 0 Å². The van der Waals surface area contributed by atoms with E-state index in [2.05, 4.69) is 9.47 Å². The van der Waals surface area contributed by atoms with E-state index in [1.54, 1.807) is 0 Å². The third kappa shape index (κ3) is 3.42. The largest absolute Gasteiger partial charge is 0.469 e. The third-order valence-electron chi connectivity index (χ3n) is 1.14. The summed E-state index contributed by atoms with van der Waals surface area (Å²) in [6.45, 7) is 1.39. The summed E-state index contributed by atoms with van der Waals surface area (Å²) >= 11 is 0. The minimum atomic E-state index is -1.41. The van der Waals surface area contributed by atoms with Gasteiger partial charge >= 0.3 is 5.97 Å².